The van der Waals surface area contributed by atoms with Crippen LogP contribution >= 0.6 is 0 Å². The number of hydrogen-bond acceptors (Lipinski definition) is 5. The highest BCUT2D eigenvalue weighted by Gasteiger charge is 2.17. The number of benzene rings is 1. The molecule has 6 nitrogen and oxygen atoms in total. The van der Waals surface area contributed by atoms with Gasteiger partial charge in [0, 0.05) is 11.1 Å². The Bertz CT molecular complexity index is 1100. The summed E-state index contributed by atoms with van der Waals surface area (Å²) >= 11 is 0. The zero-order valence-electron chi connectivity index (χ0n) is 12.3. The van der Waals surface area contributed by atoms with Crippen molar-refractivity contribution in [2.75, 3.05) is 5.73 Å². The smallest absolute Gasteiger partial charge is 0.348 e. The van der Waals surface area contributed by atoms with E-state index in [2.05, 4.69) is 15.0 Å². The predicted molar refractivity (Wildman–Crippen MR) is 87.7 cm³/mol. The third-order valence-electron chi connectivity index (χ3n) is 3.66. The molecule has 4 aromatic rings. The summed E-state index contributed by atoms with van der Waals surface area (Å²) in [5, 5.41) is 0.449. The van der Waals surface area contributed by atoms with Gasteiger partial charge in [0.2, 0.25) is 0 Å². The summed E-state index contributed by atoms with van der Waals surface area (Å²) in [5.41, 5.74) is 6.65. The Morgan fingerprint density at radius 2 is 1.92 bits per heavy atom. The number of nitrogen functional groups attached to an aromatic ring is 1. The van der Waals surface area contributed by atoms with Gasteiger partial charge in [0.15, 0.2) is 5.65 Å². The van der Waals surface area contributed by atoms with Gasteiger partial charge in [0.1, 0.15) is 17.4 Å². The molecule has 0 amide bonds. The fourth-order valence-electron chi connectivity index (χ4n) is 2.61. The number of H-pyrrole nitrogens is 1. The number of hydrogen-bond donors (Lipinski definition) is 2. The highest BCUT2D eigenvalue weighted by Crippen LogP contribution is 2.33. The average molecular weight is 322 g/mol. The van der Waals surface area contributed by atoms with Crippen LogP contribution in [0.1, 0.15) is 0 Å². The number of halogens is 1. The Hall–Kier alpha value is -3.48. The van der Waals surface area contributed by atoms with Gasteiger partial charge in [-0.25, -0.2) is 14.2 Å². The van der Waals surface area contributed by atoms with Crippen LogP contribution in [0, 0.1) is 5.82 Å². The van der Waals surface area contributed by atoms with E-state index in [1.54, 1.807) is 36.4 Å². The van der Waals surface area contributed by atoms with Crippen molar-refractivity contribution < 1.29 is 8.81 Å². The molecule has 3 aromatic heterocycles. The number of aromatic nitrogens is 3. The zero-order valence-corrected chi connectivity index (χ0v) is 12.3. The third kappa shape index (κ3) is 2.23. The molecule has 0 saturated carbocycles. The standard InChI is InChI=1S/C17H11FN4O2/c18-11-5-2-1-4-9(11)12-8-10(13-6-3-7-24-13)14-15(19)21-17(23)22-16(14)20-12/h1-8H,(H3,19,20,21,22,23). The van der Waals surface area contributed by atoms with Gasteiger partial charge in [-0.3, -0.25) is 4.98 Å². The minimum atomic E-state index is -0.622. The molecule has 0 bridgehead atoms. The number of pyridine rings is 1. The Labute approximate surface area is 134 Å². The molecule has 118 valence electrons. The van der Waals surface area contributed by atoms with E-state index in [0.717, 1.165) is 0 Å². The van der Waals surface area contributed by atoms with Crippen molar-refractivity contribution in [3.8, 4) is 22.6 Å². The van der Waals surface area contributed by atoms with E-state index in [9.17, 15) is 9.18 Å². The number of nitrogens with two attached hydrogens (primary N) is 1. The quantitative estimate of drug-likeness (QED) is 0.591. The van der Waals surface area contributed by atoms with Crippen LogP contribution in [0.2, 0.25) is 0 Å². The Kier molecular flexibility index (Phi) is 3.13. The lowest BCUT2D eigenvalue weighted by atomic mass is 10.0. The van der Waals surface area contributed by atoms with Crippen molar-refractivity contribution in [3.05, 3.63) is 65.0 Å². The van der Waals surface area contributed by atoms with Gasteiger partial charge < -0.3 is 10.2 Å². The normalized spacial score (nSPS) is 11.0. The molecule has 0 saturated heterocycles. The molecule has 3 heterocycles. The molecular formula is C17H11FN4O2. The maximum atomic E-state index is 14.1. The first-order valence-electron chi connectivity index (χ1n) is 7.13. The number of furan rings is 1. The van der Waals surface area contributed by atoms with E-state index in [-0.39, 0.29) is 11.5 Å². The predicted octanol–water partition coefficient (Wildman–Crippen LogP) is 2.97. The van der Waals surface area contributed by atoms with Crippen LogP contribution in [0.5, 0.6) is 0 Å². The molecule has 3 N–H and O–H groups in total. The topological polar surface area (TPSA) is 97.8 Å². The molecule has 4 rings (SSSR count). The van der Waals surface area contributed by atoms with Crippen molar-refractivity contribution in [1.82, 2.24) is 15.0 Å². The highest BCUT2D eigenvalue weighted by molar-refractivity contribution is 5.99. The van der Waals surface area contributed by atoms with Crippen molar-refractivity contribution in [2.45, 2.75) is 0 Å². The summed E-state index contributed by atoms with van der Waals surface area (Å²) in [6, 6.07) is 11.4. The highest BCUT2D eigenvalue weighted by atomic mass is 19.1. The van der Waals surface area contributed by atoms with E-state index < -0.39 is 11.5 Å². The Balaban J connectivity index is 2.12. The first-order chi connectivity index (χ1) is 11.6. The summed E-state index contributed by atoms with van der Waals surface area (Å²) in [6.45, 7) is 0. The van der Waals surface area contributed by atoms with Crippen molar-refractivity contribution in [1.29, 1.82) is 0 Å². The number of aromatic amines is 1. The first-order valence-corrected chi connectivity index (χ1v) is 7.13. The fraction of sp³-hybridized carbons (Fsp3) is 0. The summed E-state index contributed by atoms with van der Waals surface area (Å²) in [6.07, 6.45) is 1.51. The van der Waals surface area contributed by atoms with Crippen molar-refractivity contribution in [3.63, 3.8) is 0 Å². The van der Waals surface area contributed by atoms with Crippen LogP contribution in [0.3, 0.4) is 0 Å². The molecule has 0 fully saturated rings. The summed E-state index contributed by atoms with van der Waals surface area (Å²) in [7, 11) is 0. The lowest BCUT2D eigenvalue weighted by Gasteiger charge is -2.09. The van der Waals surface area contributed by atoms with Crippen LogP contribution in [-0.4, -0.2) is 15.0 Å². The molecule has 7 heteroatoms. The lowest BCUT2D eigenvalue weighted by Crippen LogP contribution is -2.14. The van der Waals surface area contributed by atoms with Gasteiger partial charge in [0.25, 0.3) is 0 Å². The molecule has 0 atom stereocenters. The van der Waals surface area contributed by atoms with Crippen LogP contribution in [0.4, 0.5) is 10.2 Å². The van der Waals surface area contributed by atoms with Gasteiger partial charge >= 0.3 is 5.69 Å². The van der Waals surface area contributed by atoms with Gasteiger partial charge in [-0.1, -0.05) is 12.1 Å². The second-order valence-electron chi connectivity index (χ2n) is 5.17. The largest absolute Gasteiger partial charge is 0.464 e. The Morgan fingerprint density at radius 3 is 2.67 bits per heavy atom. The minimum Gasteiger partial charge on any atom is -0.464 e. The van der Waals surface area contributed by atoms with Crippen LogP contribution in [-0.2, 0) is 0 Å². The zero-order chi connectivity index (χ0) is 16.7. The summed E-state index contributed by atoms with van der Waals surface area (Å²) in [5.74, 6) is 0.220. The van der Waals surface area contributed by atoms with Crippen molar-refractivity contribution >= 4 is 16.9 Å². The molecule has 0 radical (unpaired) electrons. The van der Waals surface area contributed by atoms with E-state index in [4.69, 9.17) is 10.2 Å². The minimum absolute atomic E-state index is 0.128. The fourth-order valence-corrected chi connectivity index (χ4v) is 2.61. The maximum Gasteiger partial charge on any atom is 0.348 e. The number of nitrogens with zero attached hydrogens (tertiary/aromatic N) is 2. The third-order valence-corrected chi connectivity index (χ3v) is 3.66. The molecule has 0 aliphatic rings. The summed E-state index contributed by atoms with van der Waals surface area (Å²) in [4.78, 5) is 22.2. The number of anilines is 1. The molecule has 0 aliphatic heterocycles. The maximum absolute atomic E-state index is 14.1. The molecule has 0 aliphatic carbocycles. The van der Waals surface area contributed by atoms with Gasteiger partial charge in [-0.15, -0.1) is 0 Å². The molecule has 24 heavy (non-hydrogen) atoms. The second kappa shape index (κ2) is 5.31. The summed E-state index contributed by atoms with van der Waals surface area (Å²) < 4.78 is 19.6. The number of rotatable bonds is 2. The molecule has 1 aromatic carbocycles. The first kappa shape index (κ1) is 14.1. The van der Waals surface area contributed by atoms with Crippen LogP contribution in [0.15, 0.2) is 57.9 Å². The van der Waals surface area contributed by atoms with Gasteiger partial charge in [0.05, 0.1) is 17.3 Å². The van der Waals surface area contributed by atoms with Gasteiger partial charge in [-0.2, -0.15) is 4.98 Å². The van der Waals surface area contributed by atoms with Crippen LogP contribution < -0.4 is 11.4 Å². The number of fused-ring (bicyclic) bond motifs is 1. The molecule has 0 unspecified atom stereocenters. The van der Waals surface area contributed by atoms with Crippen molar-refractivity contribution in [2.24, 2.45) is 0 Å². The average Bonchev–Trinajstić information content (AvgIpc) is 3.08. The van der Waals surface area contributed by atoms with E-state index in [1.165, 1.54) is 12.3 Å². The number of nitrogens with one attached hydrogen (secondary N) is 1. The van der Waals surface area contributed by atoms with E-state index in [0.29, 0.717) is 28.0 Å². The Morgan fingerprint density at radius 1 is 1.08 bits per heavy atom. The monoisotopic (exact) mass is 322 g/mol. The molecular weight excluding hydrogens is 311 g/mol. The van der Waals surface area contributed by atoms with E-state index >= 15 is 0 Å². The van der Waals surface area contributed by atoms with E-state index in [1.807, 2.05) is 0 Å². The SMILES string of the molecule is Nc1[nH]c(=O)nc2nc(-c3ccccc3F)cc(-c3ccco3)c12. The lowest BCUT2D eigenvalue weighted by molar-refractivity contribution is 0.583. The van der Waals surface area contributed by atoms with Crippen LogP contribution in [0.25, 0.3) is 33.6 Å². The second-order valence-corrected chi connectivity index (χ2v) is 5.17. The van der Waals surface area contributed by atoms with Gasteiger partial charge in [-0.05, 0) is 30.3 Å². The molecule has 0 spiro atoms.